The summed E-state index contributed by atoms with van der Waals surface area (Å²) in [4.78, 5) is 28.6. The number of carbonyl (C=O) groups is 2. The van der Waals surface area contributed by atoms with Gasteiger partial charge >= 0.3 is 5.97 Å². The van der Waals surface area contributed by atoms with Crippen LogP contribution in [0.1, 0.15) is 67.0 Å². The third kappa shape index (κ3) is 6.11. The number of hydrogen-bond donors (Lipinski definition) is 0. The van der Waals surface area contributed by atoms with Crippen molar-refractivity contribution in [1.82, 2.24) is 0 Å². The summed E-state index contributed by atoms with van der Waals surface area (Å²) in [7, 11) is 3.24. The van der Waals surface area contributed by atoms with Crippen molar-refractivity contribution in [3.05, 3.63) is 87.4 Å². The summed E-state index contributed by atoms with van der Waals surface area (Å²) in [5, 5.41) is 0.505. The summed E-state index contributed by atoms with van der Waals surface area (Å²) in [6.07, 6.45) is -2.03. The highest BCUT2D eigenvalue weighted by atomic mass is 35.5. The molecule has 0 aromatic heterocycles. The first-order valence-electron chi connectivity index (χ1n) is 13.4. The molecule has 1 aliphatic heterocycles. The zero-order valence-electron chi connectivity index (χ0n) is 23.8. The van der Waals surface area contributed by atoms with Gasteiger partial charge in [-0.15, -0.1) is 0 Å². The van der Waals surface area contributed by atoms with E-state index in [1.54, 1.807) is 32.1 Å². The van der Waals surface area contributed by atoms with E-state index in [2.05, 4.69) is 13.8 Å². The van der Waals surface area contributed by atoms with Gasteiger partial charge in [0.15, 0.2) is 0 Å². The average Bonchev–Trinajstić information content (AvgIpc) is 3.03. The predicted octanol–water partition coefficient (Wildman–Crippen LogP) is 6.76. The first kappa shape index (κ1) is 29.4. The second-order valence-electron chi connectivity index (χ2n) is 10.1. The number of ether oxygens (including phenoxy) is 4. The molecule has 0 saturated heterocycles. The standard InChI is InChI=1S/C32H36ClNO6/c1-7-39-29(35)17-28-32(36)34(18-21-12-11-20(4)15-27(21)38-6)25-14-13-22(33)16-24(25)31(40-28)23-9-8-10-26(37-5)30(23)19(2)3/h8-16,19,28,31H,7,17-18H2,1-6H3/t28-,31-/m1/s1. The number of hydrogen-bond acceptors (Lipinski definition) is 6. The molecule has 1 heterocycles. The molecule has 0 unspecified atom stereocenters. The van der Waals surface area contributed by atoms with Crippen LogP contribution in [-0.2, 0) is 25.6 Å². The number of benzene rings is 3. The van der Waals surface area contributed by atoms with Gasteiger partial charge in [-0.25, -0.2) is 0 Å². The molecule has 0 aliphatic carbocycles. The van der Waals surface area contributed by atoms with Crippen LogP contribution in [0.25, 0.3) is 0 Å². The molecule has 1 aliphatic rings. The van der Waals surface area contributed by atoms with Crippen LogP contribution in [0.2, 0.25) is 5.02 Å². The number of anilines is 1. The summed E-state index contributed by atoms with van der Waals surface area (Å²) in [5.41, 5.74) is 5.02. The number of fused-ring (bicyclic) bond motifs is 1. The Morgan fingerprint density at radius 3 is 2.45 bits per heavy atom. The van der Waals surface area contributed by atoms with Gasteiger partial charge in [-0.05, 0) is 61.2 Å². The van der Waals surface area contributed by atoms with Gasteiger partial charge in [0.25, 0.3) is 5.91 Å². The highest BCUT2D eigenvalue weighted by Gasteiger charge is 2.39. The van der Waals surface area contributed by atoms with Gasteiger partial charge in [-0.1, -0.05) is 49.7 Å². The summed E-state index contributed by atoms with van der Waals surface area (Å²) in [6.45, 7) is 8.28. The van der Waals surface area contributed by atoms with Crippen LogP contribution >= 0.6 is 11.6 Å². The Bertz CT molecular complexity index is 1390. The van der Waals surface area contributed by atoms with Crippen LogP contribution in [-0.4, -0.2) is 38.8 Å². The SMILES string of the molecule is CCOC(=O)C[C@H]1O[C@H](c2cccc(OC)c2C(C)C)c2cc(Cl)ccc2N(Cc2ccc(C)cc2OC)C1=O. The topological polar surface area (TPSA) is 74.3 Å². The minimum absolute atomic E-state index is 0.0905. The van der Waals surface area contributed by atoms with Crippen LogP contribution in [0.4, 0.5) is 5.69 Å². The minimum Gasteiger partial charge on any atom is -0.496 e. The fourth-order valence-electron chi connectivity index (χ4n) is 5.22. The van der Waals surface area contributed by atoms with Crippen molar-refractivity contribution >= 4 is 29.2 Å². The molecule has 0 bridgehead atoms. The zero-order chi connectivity index (χ0) is 29.0. The lowest BCUT2D eigenvalue weighted by molar-refractivity contribution is -0.151. The lowest BCUT2D eigenvalue weighted by Crippen LogP contribution is -2.40. The monoisotopic (exact) mass is 565 g/mol. The molecule has 3 aromatic carbocycles. The number of amides is 1. The Balaban J connectivity index is 1.93. The van der Waals surface area contributed by atoms with Crippen LogP contribution in [0, 0.1) is 6.92 Å². The highest BCUT2D eigenvalue weighted by molar-refractivity contribution is 6.30. The first-order chi connectivity index (χ1) is 19.2. The third-order valence-corrected chi connectivity index (χ3v) is 7.25. The normalized spacial score (nSPS) is 16.9. The summed E-state index contributed by atoms with van der Waals surface area (Å²) in [6, 6.07) is 17.0. The van der Waals surface area contributed by atoms with Gasteiger partial charge < -0.3 is 23.8 Å². The van der Waals surface area contributed by atoms with E-state index in [-0.39, 0.29) is 31.4 Å². The lowest BCUT2D eigenvalue weighted by Gasteiger charge is -2.26. The van der Waals surface area contributed by atoms with E-state index in [9.17, 15) is 9.59 Å². The lowest BCUT2D eigenvalue weighted by atomic mass is 9.89. The number of carbonyl (C=O) groups excluding carboxylic acids is 2. The van der Waals surface area contributed by atoms with Crippen molar-refractivity contribution in [3.63, 3.8) is 0 Å². The first-order valence-corrected chi connectivity index (χ1v) is 13.8. The van der Waals surface area contributed by atoms with E-state index in [0.717, 1.165) is 28.0 Å². The van der Waals surface area contributed by atoms with Gasteiger partial charge in [-0.3, -0.25) is 9.59 Å². The maximum Gasteiger partial charge on any atom is 0.308 e. The van der Waals surface area contributed by atoms with Gasteiger partial charge in [0.1, 0.15) is 23.7 Å². The Morgan fingerprint density at radius 1 is 1.02 bits per heavy atom. The van der Waals surface area contributed by atoms with Crippen molar-refractivity contribution in [2.24, 2.45) is 0 Å². The van der Waals surface area contributed by atoms with Crippen molar-refractivity contribution in [2.45, 2.75) is 58.8 Å². The molecule has 8 heteroatoms. The van der Waals surface area contributed by atoms with E-state index in [1.807, 2.05) is 55.5 Å². The van der Waals surface area contributed by atoms with E-state index in [0.29, 0.717) is 22.0 Å². The molecule has 7 nitrogen and oxygen atoms in total. The molecule has 40 heavy (non-hydrogen) atoms. The van der Waals surface area contributed by atoms with Gasteiger partial charge in [0.05, 0.1) is 39.5 Å². The quantitative estimate of drug-likeness (QED) is 0.267. The van der Waals surface area contributed by atoms with Crippen molar-refractivity contribution in [3.8, 4) is 11.5 Å². The molecule has 4 rings (SSSR count). The highest BCUT2D eigenvalue weighted by Crippen LogP contribution is 2.44. The van der Waals surface area contributed by atoms with E-state index in [1.165, 1.54) is 0 Å². The third-order valence-electron chi connectivity index (χ3n) is 7.01. The van der Waals surface area contributed by atoms with Crippen LogP contribution in [0.15, 0.2) is 54.6 Å². The Labute approximate surface area is 240 Å². The number of nitrogens with zero attached hydrogens (tertiary/aromatic N) is 1. The van der Waals surface area contributed by atoms with Crippen molar-refractivity contribution < 1.29 is 28.5 Å². The Kier molecular flexibility index (Phi) is 9.38. The molecule has 0 fully saturated rings. The molecule has 2 atom stereocenters. The summed E-state index contributed by atoms with van der Waals surface area (Å²) < 4.78 is 23.2. The van der Waals surface area contributed by atoms with E-state index >= 15 is 0 Å². The van der Waals surface area contributed by atoms with Gasteiger partial charge in [0.2, 0.25) is 0 Å². The molecular formula is C32H36ClNO6. The predicted molar refractivity (Wildman–Crippen MR) is 155 cm³/mol. The molecular weight excluding hydrogens is 530 g/mol. The van der Waals surface area contributed by atoms with E-state index in [4.69, 9.17) is 30.5 Å². The van der Waals surface area contributed by atoms with E-state index < -0.39 is 18.2 Å². The largest absolute Gasteiger partial charge is 0.496 e. The summed E-state index contributed by atoms with van der Waals surface area (Å²) in [5.74, 6) is 0.620. The number of methoxy groups -OCH3 is 2. The average molecular weight is 566 g/mol. The molecule has 0 spiro atoms. The second-order valence-corrected chi connectivity index (χ2v) is 10.5. The number of esters is 1. The van der Waals surface area contributed by atoms with Crippen molar-refractivity contribution in [2.75, 3.05) is 25.7 Å². The minimum atomic E-state index is -1.10. The zero-order valence-corrected chi connectivity index (χ0v) is 24.6. The molecule has 0 saturated carbocycles. The number of rotatable bonds is 9. The molecule has 0 radical (unpaired) electrons. The maximum atomic E-state index is 14.2. The molecule has 3 aromatic rings. The second kappa shape index (κ2) is 12.7. The van der Waals surface area contributed by atoms with Gasteiger partial charge in [-0.2, -0.15) is 0 Å². The molecule has 0 N–H and O–H groups in total. The van der Waals surface area contributed by atoms with Crippen molar-refractivity contribution in [1.29, 1.82) is 0 Å². The Morgan fingerprint density at radius 2 is 1.77 bits per heavy atom. The van der Waals surface area contributed by atoms with Gasteiger partial charge in [0, 0.05) is 21.7 Å². The maximum absolute atomic E-state index is 14.2. The van der Waals surface area contributed by atoms with Crippen LogP contribution < -0.4 is 14.4 Å². The number of halogens is 1. The molecule has 1 amide bonds. The number of aryl methyl sites for hydroxylation is 1. The van der Waals surface area contributed by atoms with Crippen LogP contribution in [0.3, 0.4) is 0 Å². The fraction of sp³-hybridized carbons (Fsp3) is 0.375. The molecule has 212 valence electrons. The van der Waals surface area contributed by atoms with Crippen LogP contribution in [0.5, 0.6) is 11.5 Å². The fourth-order valence-corrected chi connectivity index (χ4v) is 5.40. The Hall–Kier alpha value is -3.55. The smallest absolute Gasteiger partial charge is 0.308 e. The summed E-state index contributed by atoms with van der Waals surface area (Å²) >= 11 is 6.54.